The molecule has 1 amide bonds. The number of nitrogens with one attached hydrogen (secondary N) is 1. The number of nitrogens with zero attached hydrogens (tertiary/aromatic N) is 1. The average molecular weight is 233 g/mol. The van der Waals surface area contributed by atoms with Crippen molar-refractivity contribution < 1.29 is 9.21 Å². The van der Waals surface area contributed by atoms with Crippen LogP contribution in [0.2, 0.25) is 0 Å². The predicted octanol–water partition coefficient (Wildman–Crippen LogP) is 1.90. The van der Waals surface area contributed by atoms with Crippen LogP contribution in [0.3, 0.4) is 0 Å². The van der Waals surface area contributed by atoms with E-state index in [0.29, 0.717) is 12.4 Å². The molecule has 0 atom stereocenters. The number of aromatic nitrogens is 1. The second kappa shape index (κ2) is 5.34. The number of unbranched alkanes of at least 4 members (excludes halogenated alkanes) is 1. The highest BCUT2D eigenvalue weighted by molar-refractivity contribution is 5.74. The fourth-order valence-corrected chi connectivity index (χ4v) is 1.57. The van der Waals surface area contributed by atoms with Crippen molar-refractivity contribution in [2.75, 3.05) is 11.9 Å². The van der Waals surface area contributed by atoms with Crippen LogP contribution in [-0.4, -0.2) is 17.4 Å². The Balaban J connectivity index is 1.81. The van der Waals surface area contributed by atoms with Crippen molar-refractivity contribution in [3.8, 4) is 0 Å². The molecule has 0 aliphatic carbocycles. The number of carbonyl (C=O) groups is 1. The van der Waals surface area contributed by atoms with Crippen molar-refractivity contribution in [1.29, 1.82) is 0 Å². The summed E-state index contributed by atoms with van der Waals surface area (Å²) >= 11 is 0. The maximum atomic E-state index is 10.5. The Morgan fingerprint density at radius 2 is 2.18 bits per heavy atom. The third-order valence-electron chi connectivity index (χ3n) is 2.42. The highest BCUT2D eigenvalue weighted by Crippen LogP contribution is 2.17. The van der Waals surface area contributed by atoms with Crippen LogP contribution in [0.15, 0.2) is 28.7 Å². The van der Waals surface area contributed by atoms with Gasteiger partial charge in [-0.15, -0.1) is 0 Å². The predicted molar refractivity (Wildman–Crippen MR) is 65.5 cm³/mol. The molecule has 0 saturated carbocycles. The smallest absolute Gasteiger partial charge is 0.295 e. The number of hydrogen-bond donors (Lipinski definition) is 2. The molecular formula is C12H15N3O2. The zero-order valence-electron chi connectivity index (χ0n) is 9.48. The van der Waals surface area contributed by atoms with E-state index in [1.807, 2.05) is 24.3 Å². The number of nitrogens with two attached hydrogens (primary N) is 1. The lowest BCUT2D eigenvalue weighted by Gasteiger charge is -1.99. The first-order valence-electron chi connectivity index (χ1n) is 5.63. The molecule has 2 aromatic rings. The van der Waals surface area contributed by atoms with Crippen LogP contribution in [0.1, 0.15) is 19.3 Å². The van der Waals surface area contributed by atoms with E-state index in [1.54, 1.807) is 0 Å². The Kier molecular flexibility index (Phi) is 3.59. The lowest BCUT2D eigenvalue weighted by Crippen LogP contribution is -2.10. The van der Waals surface area contributed by atoms with E-state index < -0.39 is 0 Å². The van der Waals surface area contributed by atoms with Gasteiger partial charge in [-0.05, 0) is 25.0 Å². The van der Waals surface area contributed by atoms with E-state index in [-0.39, 0.29) is 5.91 Å². The number of carbonyl (C=O) groups excluding carboxylic acids is 1. The number of rotatable bonds is 6. The molecule has 0 aliphatic heterocycles. The zero-order chi connectivity index (χ0) is 12.1. The van der Waals surface area contributed by atoms with Crippen molar-refractivity contribution in [3.05, 3.63) is 24.3 Å². The molecule has 0 radical (unpaired) electrons. The van der Waals surface area contributed by atoms with Crippen LogP contribution in [-0.2, 0) is 4.79 Å². The van der Waals surface area contributed by atoms with E-state index in [9.17, 15) is 4.79 Å². The highest BCUT2D eigenvalue weighted by atomic mass is 16.4. The molecular weight excluding hydrogens is 218 g/mol. The van der Waals surface area contributed by atoms with Gasteiger partial charge in [0.05, 0.1) is 0 Å². The van der Waals surface area contributed by atoms with Gasteiger partial charge < -0.3 is 15.5 Å². The molecule has 0 spiro atoms. The molecule has 0 unspecified atom stereocenters. The summed E-state index contributed by atoms with van der Waals surface area (Å²) < 4.78 is 5.48. The van der Waals surface area contributed by atoms with Crippen molar-refractivity contribution in [1.82, 2.24) is 4.98 Å². The fraction of sp³-hybridized carbons (Fsp3) is 0.333. The van der Waals surface area contributed by atoms with E-state index in [1.165, 1.54) is 0 Å². The lowest BCUT2D eigenvalue weighted by atomic mass is 10.2. The standard InChI is InChI=1S/C12H15N3O2/c13-11(16)7-3-4-8-14-12-15-9-5-1-2-6-10(9)17-12/h1-2,5-6H,3-4,7-8H2,(H2,13,16)(H,14,15). The lowest BCUT2D eigenvalue weighted by molar-refractivity contribution is -0.118. The molecule has 90 valence electrons. The Labute approximate surface area is 99.0 Å². The zero-order valence-corrected chi connectivity index (χ0v) is 9.48. The summed E-state index contributed by atoms with van der Waals surface area (Å²) in [6.45, 7) is 0.722. The third kappa shape index (κ3) is 3.21. The average Bonchev–Trinajstić information content (AvgIpc) is 2.70. The van der Waals surface area contributed by atoms with Crippen molar-refractivity contribution >= 4 is 23.0 Å². The second-order valence-electron chi connectivity index (χ2n) is 3.84. The minimum Gasteiger partial charge on any atom is -0.424 e. The molecule has 1 aromatic heterocycles. The Morgan fingerprint density at radius 1 is 1.35 bits per heavy atom. The highest BCUT2D eigenvalue weighted by Gasteiger charge is 2.03. The quantitative estimate of drug-likeness (QED) is 0.746. The van der Waals surface area contributed by atoms with Crippen molar-refractivity contribution in [2.24, 2.45) is 5.73 Å². The van der Waals surface area contributed by atoms with Gasteiger partial charge in [0.2, 0.25) is 5.91 Å². The Morgan fingerprint density at radius 3 is 2.94 bits per heavy atom. The van der Waals surface area contributed by atoms with Crippen LogP contribution in [0.4, 0.5) is 6.01 Å². The van der Waals surface area contributed by atoms with Gasteiger partial charge in [0.25, 0.3) is 6.01 Å². The maximum absolute atomic E-state index is 10.5. The third-order valence-corrected chi connectivity index (χ3v) is 2.42. The minimum absolute atomic E-state index is 0.258. The largest absolute Gasteiger partial charge is 0.424 e. The molecule has 0 aliphatic rings. The van der Waals surface area contributed by atoms with Crippen LogP contribution < -0.4 is 11.1 Å². The van der Waals surface area contributed by atoms with Gasteiger partial charge in [-0.3, -0.25) is 4.79 Å². The SMILES string of the molecule is NC(=O)CCCCNc1nc2ccccc2o1. The molecule has 5 heteroatoms. The van der Waals surface area contributed by atoms with E-state index in [4.69, 9.17) is 10.2 Å². The summed E-state index contributed by atoms with van der Waals surface area (Å²) in [4.78, 5) is 14.8. The van der Waals surface area contributed by atoms with Crippen molar-refractivity contribution in [2.45, 2.75) is 19.3 Å². The number of primary amides is 1. The monoisotopic (exact) mass is 233 g/mol. The molecule has 3 N–H and O–H groups in total. The first-order valence-corrected chi connectivity index (χ1v) is 5.63. The molecule has 1 heterocycles. The van der Waals surface area contributed by atoms with Crippen LogP contribution in [0, 0.1) is 0 Å². The number of oxazole rings is 1. The molecule has 0 fully saturated rings. The van der Waals surface area contributed by atoms with E-state index >= 15 is 0 Å². The number of hydrogen-bond acceptors (Lipinski definition) is 4. The molecule has 1 aromatic carbocycles. The van der Waals surface area contributed by atoms with E-state index in [0.717, 1.165) is 30.5 Å². The maximum Gasteiger partial charge on any atom is 0.295 e. The van der Waals surface area contributed by atoms with Gasteiger partial charge in [-0.25, -0.2) is 0 Å². The molecule has 0 bridgehead atoms. The number of amides is 1. The summed E-state index contributed by atoms with van der Waals surface area (Å²) in [6.07, 6.45) is 2.07. The summed E-state index contributed by atoms with van der Waals surface area (Å²) in [5.41, 5.74) is 6.66. The summed E-state index contributed by atoms with van der Waals surface area (Å²) in [5.74, 6) is -0.258. The normalized spacial score (nSPS) is 10.6. The van der Waals surface area contributed by atoms with Gasteiger partial charge in [-0.2, -0.15) is 4.98 Å². The number of benzene rings is 1. The number of anilines is 1. The Hall–Kier alpha value is -2.04. The fourth-order valence-electron chi connectivity index (χ4n) is 1.57. The van der Waals surface area contributed by atoms with Gasteiger partial charge >= 0.3 is 0 Å². The second-order valence-corrected chi connectivity index (χ2v) is 3.84. The van der Waals surface area contributed by atoms with Gasteiger partial charge in [0.1, 0.15) is 5.52 Å². The molecule has 2 rings (SSSR count). The van der Waals surface area contributed by atoms with Crippen molar-refractivity contribution in [3.63, 3.8) is 0 Å². The molecule has 5 nitrogen and oxygen atoms in total. The topological polar surface area (TPSA) is 81.2 Å². The van der Waals surface area contributed by atoms with Gasteiger partial charge in [0, 0.05) is 13.0 Å². The first kappa shape index (κ1) is 11.4. The summed E-state index contributed by atoms with van der Waals surface area (Å²) in [7, 11) is 0. The van der Waals surface area contributed by atoms with E-state index in [2.05, 4.69) is 10.3 Å². The van der Waals surface area contributed by atoms with Crippen LogP contribution >= 0.6 is 0 Å². The van der Waals surface area contributed by atoms with Crippen LogP contribution in [0.5, 0.6) is 0 Å². The van der Waals surface area contributed by atoms with Crippen LogP contribution in [0.25, 0.3) is 11.1 Å². The van der Waals surface area contributed by atoms with Gasteiger partial charge in [0.15, 0.2) is 5.58 Å². The molecule has 0 saturated heterocycles. The first-order chi connectivity index (χ1) is 8.25. The minimum atomic E-state index is -0.258. The number of fused-ring (bicyclic) bond motifs is 1. The summed E-state index contributed by atoms with van der Waals surface area (Å²) in [5, 5.41) is 3.08. The number of para-hydroxylation sites is 2. The molecule has 17 heavy (non-hydrogen) atoms. The summed E-state index contributed by atoms with van der Waals surface area (Å²) in [6, 6.07) is 8.12. The van der Waals surface area contributed by atoms with Gasteiger partial charge in [-0.1, -0.05) is 12.1 Å². The Bertz CT molecular complexity index is 474.